The van der Waals surface area contributed by atoms with Gasteiger partial charge in [-0.15, -0.1) is 0 Å². The Balaban J connectivity index is 1.14. The molecular formula is C24H28BrN3O3. The van der Waals surface area contributed by atoms with E-state index in [2.05, 4.69) is 37.5 Å². The number of carbonyl (C=O) groups excluding carboxylic acids is 2. The molecule has 1 amide bonds. The summed E-state index contributed by atoms with van der Waals surface area (Å²) in [6.07, 6.45) is 2.14. The number of piperidine rings is 1. The van der Waals surface area contributed by atoms with Gasteiger partial charge in [-0.2, -0.15) is 0 Å². The molecule has 0 bridgehead atoms. The number of rotatable bonds is 7. The summed E-state index contributed by atoms with van der Waals surface area (Å²) in [6.45, 7) is 4.68. The van der Waals surface area contributed by atoms with E-state index in [0.29, 0.717) is 6.61 Å². The predicted octanol–water partition coefficient (Wildman–Crippen LogP) is 4.59. The van der Waals surface area contributed by atoms with Gasteiger partial charge in [0.25, 0.3) is 0 Å². The van der Waals surface area contributed by atoms with Gasteiger partial charge in [-0.05, 0) is 61.7 Å². The molecule has 0 radical (unpaired) electrons. The van der Waals surface area contributed by atoms with Crippen LogP contribution in [0.15, 0.2) is 46.9 Å². The molecule has 0 saturated carbocycles. The van der Waals surface area contributed by atoms with E-state index in [9.17, 15) is 9.59 Å². The first-order valence-electron chi connectivity index (χ1n) is 10.9. The Hall–Kier alpha value is -2.22. The van der Waals surface area contributed by atoms with Gasteiger partial charge < -0.3 is 15.0 Å². The molecule has 164 valence electrons. The van der Waals surface area contributed by atoms with Crippen LogP contribution in [0.4, 0.5) is 10.5 Å². The van der Waals surface area contributed by atoms with E-state index in [-0.39, 0.29) is 11.7 Å². The first-order chi connectivity index (χ1) is 15.1. The molecule has 6 nitrogen and oxygen atoms in total. The largest absolute Gasteiger partial charge is 0.449 e. The molecule has 2 heterocycles. The molecular weight excluding hydrogens is 458 g/mol. The molecule has 0 unspecified atom stereocenters. The lowest BCUT2D eigenvalue weighted by Gasteiger charge is -2.31. The van der Waals surface area contributed by atoms with Gasteiger partial charge in [0.1, 0.15) is 0 Å². The molecule has 31 heavy (non-hydrogen) atoms. The van der Waals surface area contributed by atoms with E-state index >= 15 is 0 Å². The van der Waals surface area contributed by atoms with Gasteiger partial charge in [0.2, 0.25) is 0 Å². The minimum atomic E-state index is -0.404. The lowest BCUT2D eigenvalue weighted by atomic mass is 9.89. The minimum absolute atomic E-state index is 0.0987. The zero-order valence-corrected chi connectivity index (χ0v) is 19.1. The number of Topliss-reactive ketones (excluding diaryl/α,β-unsaturated/α-hetero) is 1. The van der Waals surface area contributed by atoms with Gasteiger partial charge in [-0.3, -0.25) is 10.1 Å². The maximum absolute atomic E-state index is 12.7. The molecule has 1 saturated heterocycles. The molecule has 0 atom stereocenters. The Morgan fingerprint density at radius 3 is 2.65 bits per heavy atom. The van der Waals surface area contributed by atoms with E-state index in [1.54, 1.807) is 0 Å². The molecule has 2 aromatic carbocycles. The highest BCUT2D eigenvalue weighted by atomic mass is 79.9. The van der Waals surface area contributed by atoms with Gasteiger partial charge in [-0.25, -0.2) is 4.79 Å². The highest BCUT2D eigenvalue weighted by Gasteiger charge is 2.25. The quantitative estimate of drug-likeness (QED) is 0.443. The van der Waals surface area contributed by atoms with Crippen molar-refractivity contribution < 1.29 is 14.3 Å². The fraction of sp³-hybridized carbons (Fsp3) is 0.417. The maximum Gasteiger partial charge on any atom is 0.411 e. The Morgan fingerprint density at radius 2 is 1.87 bits per heavy atom. The van der Waals surface area contributed by atoms with Crippen LogP contribution in [0.5, 0.6) is 0 Å². The summed E-state index contributed by atoms with van der Waals surface area (Å²) in [4.78, 5) is 27.2. The van der Waals surface area contributed by atoms with Crippen molar-refractivity contribution >= 4 is 33.5 Å². The molecule has 0 spiro atoms. The van der Waals surface area contributed by atoms with Crippen molar-refractivity contribution in [1.29, 1.82) is 0 Å². The topological polar surface area (TPSA) is 70.7 Å². The van der Waals surface area contributed by atoms with Crippen LogP contribution in [-0.4, -0.2) is 43.0 Å². The van der Waals surface area contributed by atoms with Crippen LogP contribution in [0.25, 0.3) is 0 Å². The number of amides is 1. The van der Waals surface area contributed by atoms with Crippen LogP contribution < -0.4 is 10.6 Å². The molecule has 0 aromatic heterocycles. The number of anilines is 1. The zero-order valence-electron chi connectivity index (χ0n) is 17.5. The standard InChI is InChI=1S/C24H28BrN3O3/c25-20-7-5-17(6-8-20)23(29)18-9-12-28(13-10-18)11-2-14-31-24(30)27-22-4-1-3-19-15-26-16-21(19)22/h1,3-8,18,26H,2,9-16H2,(H,27,30). The normalized spacial score (nSPS) is 16.7. The fourth-order valence-corrected chi connectivity index (χ4v) is 4.58. The number of hydrogen-bond donors (Lipinski definition) is 2. The SMILES string of the molecule is O=C(Nc1cccc2c1CNC2)OCCCN1CCC(C(=O)c2ccc(Br)cc2)CC1. The highest BCUT2D eigenvalue weighted by molar-refractivity contribution is 9.10. The average molecular weight is 486 g/mol. The second-order valence-corrected chi connectivity index (χ2v) is 9.06. The van der Waals surface area contributed by atoms with Crippen LogP contribution in [0.2, 0.25) is 0 Å². The summed E-state index contributed by atoms with van der Waals surface area (Å²) in [7, 11) is 0. The summed E-state index contributed by atoms with van der Waals surface area (Å²) in [5.74, 6) is 0.344. The minimum Gasteiger partial charge on any atom is -0.449 e. The number of benzene rings is 2. The van der Waals surface area contributed by atoms with Crippen molar-refractivity contribution in [2.24, 2.45) is 5.92 Å². The Labute approximate surface area is 191 Å². The van der Waals surface area contributed by atoms with Crippen molar-refractivity contribution in [3.05, 3.63) is 63.6 Å². The van der Waals surface area contributed by atoms with Crippen molar-refractivity contribution in [1.82, 2.24) is 10.2 Å². The zero-order chi connectivity index (χ0) is 21.6. The molecule has 2 aromatic rings. The van der Waals surface area contributed by atoms with Crippen LogP contribution in [-0.2, 0) is 17.8 Å². The molecule has 1 fully saturated rings. The number of ketones is 1. The van der Waals surface area contributed by atoms with E-state index in [1.165, 1.54) is 5.56 Å². The number of likely N-dealkylation sites (tertiary alicyclic amines) is 1. The second kappa shape index (κ2) is 10.4. The molecule has 2 aliphatic heterocycles. The summed E-state index contributed by atoms with van der Waals surface area (Å²) < 4.78 is 6.35. The summed E-state index contributed by atoms with van der Waals surface area (Å²) in [5.41, 5.74) is 3.98. The summed E-state index contributed by atoms with van der Waals surface area (Å²) in [5, 5.41) is 6.15. The van der Waals surface area contributed by atoms with Crippen LogP contribution in [0.1, 0.15) is 40.7 Å². The van der Waals surface area contributed by atoms with Crippen LogP contribution >= 0.6 is 15.9 Å². The number of halogens is 1. The molecule has 0 aliphatic carbocycles. The van der Waals surface area contributed by atoms with Crippen molar-refractivity contribution in [3.63, 3.8) is 0 Å². The molecule has 2 aliphatic rings. The first-order valence-corrected chi connectivity index (χ1v) is 11.7. The van der Waals surface area contributed by atoms with Crippen molar-refractivity contribution in [3.8, 4) is 0 Å². The van der Waals surface area contributed by atoms with Crippen molar-refractivity contribution in [2.45, 2.75) is 32.4 Å². The Bertz CT molecular complexity index is 924. The van der Waals surface area contributed by atoms with Gasteiger partial charge in [-0.1, -0.05) is 40.2 Å². The number of carbonyl (C=O) groups is 2. The Kier molecular flexibility index (Phi) is 7.37. The van der Waals surface area contributed by atoms with Gasteiger partial charge in [0, 0.05) is 41.3 Å². The summed E-state index contributed by atoms with van der Waals surface area (Å²) >= 11 is 3.41. The highest BCUT2D eigenvalue weighted by Crippen LogP contribution is 2.25. The van der Waals surface area contributed by atoms with Crippen LogP contribution in [0.3, 0.4) is 0 Å². The second-order valence-electron chi connectivity index (χ2n) is 8.15. The molecule has 2 N–H and O–H groups in total. The number of ether oxygens (including phenoxy) is 1. The fourth-order valence-electron chi connectivity index (χ4n) is 4.32. The molecule has 7 heteroatoms. The predicted molar refractivity (Wildman–Crippen MR) is 124 cm³/mol. The van der Waals surface area contributed by atoms with E-state index < -0.39 is 6.09 Å². The summed E-state index contributed by atoms with van der Waals surface area (Å²) in [6, 6.07) is 13.5. The van der Waals surface area contributed by atoms with Crippen molar-refractivity contribution in [2.75, 3.05) is 31.6 Å². The third kappa shape index (κ3) is 5.73. The van der Waals surface area contributed by atoms with Gasteiger partial charge in [0.15, 0.2) is 5.78 Å². The van der Waals surface area contributed by atoms with Gasteiger partial charge in [0.05, 0.1) is 6.61 Å². The van der Waals surface area contributed by atoms with E-state index in [4.69, 9.17) is 4.74 Å². The van der Waals surface area contributed by atoms with Gasteiger partial charge >= 0.3 is 6.09 Å². The van der Waals surface area contributed by atoms with E-state index in [0.717, 1.165) is 73.3 Å². The lowest BCUT2D eigenvalue weighted by Crippen LogP contribution is -2.37. The third-order valence-electron chi connectivity index (χ3n) is 6.07. The average Bonchev–Trinajstić information content (AvgIpc) is 3.27. The lowest BCUT2D eigenvalue weighted by molar-refractivity contribution is 0.0830. The smallest absolute Gasteiger partial charge is 0.411 e. The van der Waals surface area contributed by atoms with Crippen LogP contribution in [0, 0.1) is 5.92 Å². The molecule has 4 rings (SSSR count). The number of hydrogen-bond acceptors (Lipinski definition) is 5. The first kappa shape index (κ1) is 22.0. The number of nitrogens with one attached hydrogen (secondary N) is 2. The monoisotopic (exact) mass is 485 g/mol. The Morgan fingerprint density at radius 1 is 1.10 bits per heavy atom. The van der Waals surface area contributed by atoms with E-state index in [1.807, 2.05) is 36.4 Å². The third-order valence-corrected chi connectivity index (χ3v) is 6.59. The maximum atomic E-state index is 12.7. The number of fused-ring (bicyclic) bond motifs is 1. The number of nitrogens with zero attached hydrogens (tertiary/aromatic N) is 1.